The molecule has 0 spiro atoms. The second-order valence-electron chi connectivity index (χ2n) is 7.09. The van der Waals surface area contributed by atoms with Gasteiger partial charge in [-0.15, -0.1) is 0 Å². The van der Waals surface area contributed by atoms with Crippen molar-refractivity contribution in [1.82, 2.24) is 5.32 Å². The van der Waals surface area contributed by atoms with Gasteiger partial charge in [0.15, 0.2) is 0 Å². The van der Waals surface area contributed by atoms with Gasteiger partial charge in [0.1, 0.15) is 0 Å². The van der Waals surface area contributed by atoms with Crippen LogP contribution in [0.1, 0.15) is 40.5 Å². The molecule has 0 radical (unpaired) electrons. The van der Waals surface area contributed by atoms with E-state index in [1.54, 1.807) is 0 Å². The first-order valence-electron chi connectivity index (χ1n) is 7.56. The summed E-state index contributed by atoms with van der Waals surface area (Å²) in [5, 5.41) is 7.07. The average molecular weight is 276 g/mol. The summed E-state index contributed by atoms with van der Waals surface area (Å²) in [4.78, 5) is 0. The van der Waals surface area contributed by atoms with Gasteiger partial charge >= 0.3 is 0 Å². The van der Waals surface area contributed by atoms with Crippen LogP contribution in [0.2, 0.25) is 0 Å². The van der Waals surface area contributed by atoms with Crippen molar-refractivity contribution in [3.63, 3.8) is 0 Å². The van der Waals surface area contributed by atoms with E-state index in [0.717, 1.165) is 31.7 Å². The number of nitrogens with one attached hydrogen (secondary N) is 2. The number of anilines is 1. The van der Waals surface area contributed by atoms with Crippen molar-refractivity contribution in [1.29, 1.82) is 0 Å². The Morgan fingerprint density at radius 2 is 1.70 bits per heavy atom. The molecular weight excluding hydrogens is 248 g/mol. The lowest BCUT2D eigenvalue weighted by atomic mass is 9.81. The Labute approximate surface area is 123 Å². The fourth-order valence-electron chi connectivity index (χ4n) is 3.32. The summed E-state index contributed by atoms with van der Waals surface area (Å²) in [7, 11) is 0. The first kappa shape index (κ1) is 15.3. The number of piperidine rings is 1. The fraction of sp³-hybridized carbons (Fsp3) is 0.647. The van der Waals surface area contributed by atoms with Crippen molar-refractivity contribution < 1.29 is 4.74 Å². The van der Waals surface area contributed by atoms with E-state index in [2.05, 4.69) is 50.5 Å². The van der Waals surface area contributed by atoms with Gasteiger partial charge in [-0.3, -0.25) is 0 Å². The molecule has 0 aromatic heterocycles. The molecule has 0 aliphatic carbocycles. The van der Waals surface area contributed by atoms with Crippen molar-refractivity contribution in [3.8, 4) is 0 Å². The van der Waals surface area contributed by atoms with Crippen LogP contribution in [0.15, 0.2) is 30.3 Å². The third kappa shape index (κ3) is 4.80. The molecule has 3 nitrogen and oxygen atoms in total. The smallest absolute Gasteiger partial charge is 0.0642 e. The van der Waals surface area contributed by atoms with Crippen molar-refractivity contribution in [2.75, 3.05) is 18.5 Å². The lowest BCUT2D eigenvalue weighted by molar-refractivity contribution is -0.0174. The Morgan fingerprint density at radius 1 is 1.10 bits per heavy atom. The first-order chi connectivity index (χ1) is 9.36. The van der Waals surface area contributed by atoms with E-state index >= 15 is 0 Å². The number of benzene rings is 1. The number of ether oxygens (including phenoxy) is 1. The highest BCUT2D eigenvalue weighted by Crippen LogP contribution is 2.30. The van der Waals surface area contributed by atoms with Gasteiger partial charge in [0.25, 0.3) is 0 Å². The van der Waals surface area contributed by atoms with E-state index in [-0.39, 0.29) is 11.1 Å². The average Bonchev–Trinajstić information content (AvgIpc) is 2.32. The highest BCUT2D eigenvalue weighted by atomic mass is 16.5. The summed E-state index contributed by atoms with van der Waals surface area (Å²) >= 11 is 0. The molecule has 0 unspecified atom stereocenters. The SMILES string of the molecule is CC1(C)CC(OCCNc2ccccc2)CC(C)(C)N1. The molecule has 0 atom stereocenters. The highest BCUT2D eigenvalue weighted by Gasteiger charge is 2.37. The molecule has 2 N–H and O–H groups in total. The minimum atomic E-state index is 0.152. The molecule has 2 rings (SSSR count). The van der Waals surface area contributed by atoms with E-state index in [9.17, 15) is 0 Å². The van der Waals surface area contributed by atoms with Crippen LogP contribution in [0.3, 0.4) is 0 Å². The number of para-hydroxylation sites is 1. The zero-order valence-corrected chi connectivity index (χ0v) is 13.2. The van der Waals surface area contributed by atoms with Crippen LogP contribution in [0.25, 0.3) is 0 Å². The van der Waals surface area contributed by atoms with Gasteiger partial charge in [-0.1, -0.05) is 18.2 Å². The standard InChI is InChI=1S/C17H28N2O/c1-16(2)12-15(13-17(3,4)19-16)20-11-10-18-14-8-6-5-7-9-14/h5-9,15,18-19H,10-13H2,1-4H3. The van der Waals surface area contributed by atoms with Crippen LogP contribution in [0, 0.1) is 0 Å². The zero-order valence-electron chi connectivity index (χ0n) is 13.2. The van der Waals surface area contributed by atoms with Crippen LogP contribution in [0.4, 0.5) is 5.69 Å². The van der Waals surface area contributed by atoms with E-state index < -0.39 is 0 Å². The molecule has 1 aromatic carbocycles. The van der Waals surface area contributed by atoms with Gasteiger partial charge in [0.05, 0.1) is 12.7 Å². The van der Waals surface area contributed by atoms with E-state index in [4.69, 9.17) is 4.74 Å². The lowest BCUT2D eigenvalue weighted by Crippen LogP contribution is -2.59. The van der Waals surface area contributed by atoms with Crippen molar-refractivity contribution in [2.24, 2.45) is 0 Å². The number of hydrogen-bond donors (Lipinski definition) is 2. The quantitative estimate of drug-likeness (QED) is 0.808. The van der Waals surface area contributed by atoms with Gasteiger partial charge in [0, 0.05) is 23.3 Å². The van der Waals surface area contributed by atoms with Gasteiger partial charge in [-0.2, -0.15) is 0 Å². The Morgan fingerprint density at radius 3 is 2.30 bits per heavy atom. The van der Waals surface area contributed by atoms with Crippen LogP contribution in [0.5, 0.6) is 0 Å². The predicted octanol–water partition coefficient (Wildman–Crippen LogP) is 3.42. The molecule has 20 heavy (non-hydrogen) atoms. The maximum atomic E-state index is 6.07. The summed E-state index contributed by atoms with van der Waals surface area (Å²) < 4.78 is 6.07. The largest absolute Gasteiger partial charge is 0.383 e. The van der Waals surface area contributed by atoms with E-state index in [1.807, 2.05) is 18.2 Å². The maximum Gasteiger partial charge on any atom is 0.0642 e. The first-order valence-corrected chi connectivity index (χ1v) is 7.56. The molecule has 0 bridgehead atoms. The van der Waals surface area contributed by atoms with E-state index in [0.29, 0.717) is 6.10 Å². The summed E-state index contributed by atoms with van der Waals surface area (Å²) in [5.74, 6) is 0. The summed E-state index contributed by atoms with van der Waals surface area (Å²) in [6.45, 7) is 10.6. The topological polar surface area (TPSA) is 33.3 Å². The molecule has 0 saturated carbocycles. The van der Waals surface area contributed by atoms with Crippen LogP contribution < -0.4 is 10.6 Å². The molecule has 1 aliphatic rings. The van der Waals surface area contributed by atoms with Crippen molar-refractivity contribution >= 4 is 5.69 Å². The maximum absolute atomic E-state index is 6.07. The normalized spacial score (nSPS) is 21.6. The van der Waals surface area contributed by atoms with Crippen LogP contribution in [-0.2, 0) is 4.74 Å². The van der Waals surface area contributed by atoms with Gasteiger partial charge < -0.3 is 15.4 Å². The third-order valence-electron chi connectivity index (χ3n) is 3.71. The van der Waals surface area contributed by atoms with Gasteiger partial charge in [0.2, 0.25) is 0 Å². The summed E-state index contributed by atoms with van der Waals surface area (Å²) in [5.41, 5.74) is 1.46. The Balaban J connectivity index is 1.74. The number of hydrogen-bond acceptors (Lipinski definition) is 3. The summed E-state index contributed by atoms with van der Waals surface area (Å²) in [6.07, 6.45) is 2.49. The highest BCUT2D eigenvalue weighted by molar-refractivity contribution is 5.42. The Hall–Kier alpha value is -1.06. The predicted molar refractivity (Wildman–Crippen MR) is 85.2 cm³/mol. The molecule has 1 aliphatic heterocycles. The minimum Gasteiger partial charge on any atom is -0.383 e. The van der Waals surface area contributed by atoms with E-state index in [1.165, 1.54) is 0 Å². The summed E-state index contributed by atoms with van der Waals surface area (Å²) in [6, 6.07) is 10.3. The van der Waals surface area contributed by atoms with Crippen molar-refractivity contribution in [2.45, 2.75) is 57.7 Å². The molecule has 1 saturated heterocycles. The van der Waals surface area contributed by atoms with Crippen molar-refractivity contribution in [3.05, 3.63) is 30.3 Å². The van der Waals surface area contributed by atoms with Crippen LogP contribution >= 0.6 is 0 Å². The fourth-order valence-corrected chi connectivity index (χ4v) is 3.32. The number of rotatable bonds is 5. The molecule has 112 valence electrons. The second kappa shape index (κ2) is 6.15. The molecule has 1 heterocycles. The lowest BCUT2D eigenvalue weighted by Gasteiger charge is -2.46. The van der Waals surface area contributed by atoms with Gasteiger partial charge in [-0.25, -0.2) is 0 Å². The molecule has 1 fully saturated rings. The monoisotopic (exact) mass is 276 g/mol. The minimum absolute atomic E-state index is 0.152. The molecule has 0 amide bonds. The molecular formula is C17H28N2O. The Kier molecular flexibility index (Phi) is 4.71. The third-order valence-corrected chi connectivity index (χ3v) is 3.71. The van der Waals surface area contributed by atoms with Gasteiger partial charge in [-0.05, 0) is 52.7 Å². The molecule has 3 heteroatoms. The Bertz CT molecular complexity index is 398. The van der Waals surface area contributed by atoms with Crippen LogP contribution in [-0.4, -0.2) is 30.3 Å². The second-order valence-corrected chi connectivity index (χ2v) is 7.09. The molecule has 1 aromatic rings. The zero-order chi connectivity index (χ0) is 14.6.